The first kappa shape index (κ1) is 18.2. The molecule has 0 radical (unpaired) electrons. The number of amides is 3. The Morgan fingerprint density at radius 3 is 2.46 bits per heavy atom. The molecule has 0 bridgehead atoms. The zero-order valence-corrected chi connectivity index (χ0v) is 14.9. The maximum atomic E-state index is 12.3. The highest BCUT2D eigenvalue weighted by Gasteiger charge is 2.36. The Labute approximate surface area is 154 Å². The molecule has 2 aliphatic heterocycles. The summed E-state index contributed by atoms with van der Waals surface area (Å²) in [5.41, 5.74) is 0.695. The summed E-state index contributed by atoms with van der Waals surface area (Å²) in [6.45, 7) is -0.0415. The summed E-state index contributed by atoms with van der Waals surface area (Å²) in [6, 6.07) is 6.23. The molecule has 0 aliphatic carbocycles. The van der Waals surface area contributed by atoms with Gasteiger partial charge in [0.25, 0.3) is 11.8 Å². The van der Waals surface area contributed by atoms with Gasteiger partial charge in [-0.05, 0) is 12.1 Å². The largest absolute Gasteiger partial charge is 0.459 e. The average molecular weight is 378 g/mol. The minimum absolute atomic E-state index is 0.0415. The molecule has 1 fully saturated rings. The average Bonchev–Trinajstić information content (AvgIpc) is 3.16. The summed E-state index contributed by atoms with van der Waals surface area (Å²) in [4.78, 5) is 49.0. The Morgan fingerprint density at radius 2 is 1.85 bits per heavy atom. The lowest BCUT2D eigenvalue weighted by Gasteiger charge is -2.20. The van der Waals surface area contributed by atoms with Crippen molar-refractivity contribution in [3.63, 3.8) is 0 Å². The number of methoxy groups -OCH3 is 1. The number of nitrogens with zero attached hydrogens (tertiary/aromatic N) is 1. The summed E-state index contributed by atoms with van der Waals surface area (Å²) in [7, 11) is 1.26. The summed E-state index contributed by atoms with van der Waals surface area (Å²) in [6.07, 6.45) is -1.14. The number of imide groups is 1. The third kappa shape index (κ3) is 3.67. The van der Waals surface area contributed by atoms with Crippen LogP contribution in [0.3, 0.4) is 0 Å². The number of hydrogen-bond acceptors (Lipinski definition) is 7. The molecule has 0 saturated carbocycles. The van der Waals surface area contributed by atoms with E-state index in [0.717, 1.165) is 4.90 Å². The van der Waals surface area contributed by atoms with Gasteiger partial charge >= 0.3 is 12.1 Å². The molecule has 1 N–H and O–H groups in total. The second-order valence-electron chi connectivity index (χ2n) is 5.87. The highest BCUT2D eigenvalue weighted by atomic mass is 32.2. The maximum absolute atomic E-state index is 12.3. The third-order valence-electron chi connectivity index (χ3n) is 4.22. The Balaban J connectivity index is 1.53. The van der Waals surface area contributed by atoms with Crippen LogP contribution in [0.4, 0.5) is 4.79 Å². The lowest BCUT2D eigenvalue weighted by Crippen LogP contribution is -2.44. The fourth-order valence-corrected chi connectivity index (χ4v) is 4.09. The van der Waals surface area contributed by atoms with Gasteiger partial charge in [0.15, 0.2) is 0 Å². The van der Waals surface area contributed by atoms with Gasteiger partial charge in [0.2, 0.25) is 0 Å². The van der Waals surface area contributed by atoms with Crippen LogP contribution in [0.25, 0.3) is 0 Å². The first-order valence-corrected chi connectivity index (χ1v) is 9.23. The molecule has 9 heteroatoms. The summed E-state index contributed by atoms with van der Waals surface area (Å²) in [5.74, 6) is -0.148. The van der Waals surface area contributed by atoms with Crippen molar-refractivity contribution < 1.29 is 28.7 Å². The van der Waals surface area contributed by atoms with Crippen molar-refractivity contribution >= 4 is 35.6 Å². The molecule has 2 aliphatic rings. The third-order valence-corrected chi connectivity index (χ3v) is 5.38. The van der Waals surface area contributed by atoms with Crippen LogP contribution >= 0.6 is 11.8 Å². The number of thioether (sulfide) groups is 1. The van der Waals surface area contributed by atoms with Crippen molar-refractivity contribution in [3.8, 4) is 0 Å². The van der Waals surface area contributed by atoms with E-state index in [2.05, 4.69) is 10.1 Å². The topological polar surface area (TPSA) is 102 Å². The zero-order chi connectivity index (χ0) is 18.7. The number of esters is 1. The molecule has 1 aromatic carbocycles. The minimum atomic E-state index is -0.579. The molecular formula is C17H18N2O6S. The number of fused-ring (bicyclic) bond motifs is 1. The van der Waals surface area contributed by atoms with E-state index in [-0.39, 0.29) is 19.0 Å². The van der Waals surface area contributed by atoms with E-state index in [4.69, 9.17) is 4.74 Å². The number of rotatable bonds is 5. The molecular weight excluding hydrogens is 360 g/mol. The zero-order valence-electron chi connectivity index (χ0n) is 14.1. The normalized spacial score (nSPS) is 21.5. The van der Waals surface area contributed by atoms with Crippen molar-refractivity contribution in [1.82, 2.24) is 10.2 Å². The van der Waals surface area contributed by atoms with Crippen molar-refractivity contribution in [2.75, 3.05) is 25.2 Å². The number of hydrogen-bond donors (Lipinski definition) is 1. The molecule has 1 aromatic rings. The Kier molecular flexibility index (Phi) is 5.46. The highest BCUT2D eigenvalue weighted by Crippen LogP contribution is 2.24. The van der Waals surface area contributed by atoms with Crippen LogP contribution in [0.15, 0.2) is 24.3 Å². The molecule has 138 valence electrons. The molecule has 0 aromatic heterocycles. The smallest absolute Gasteiger partial charge is 0.407 e. The fraction of sp³-hybridized carbons (Fsp3) is 0.412. The maximum Gasteiger partial charge on any atom is 0.407 e. The van der Waals surface area contributed by atoms with E-state index in [9.17, 15) is 19.2 Å². The number of carbonyl (C=O) groups excluding carboxylic acids is 4. The lowest BCUT2D eigenvalue weighted by atomic mass is 10.1. The van der Waals surface area contributed by atoms with Crippen molar-refractivity contribution in [2.45, 2.75) is 18.6 Å². The summed E-state index contributed by atoms with van der Waals surface area (Å²) in [5, 5.41) is 2.63. The Bertz CT molecular complexity index is 718. The molecule has 2 atom stereocenters. The Morgan fingerprint density at radius 1 is 1.19 bits per heavy atom. The van der Waals surface area contributed by atoms with Gasteiger partial charge in [-0.3, -0.25) is 19.3 Å². The van der Waals surface area contributed by atoms with Gasteiger partial charge in [-0.2, -0.15) is 11.8 Å². The van der Waals surface area contributed by atoms with Crippen molar-refractivity contribution in [3.05, 3.63) is 35.4 Å². The van der Waals surface area contributed by atoms with E-state index in [1.807, 2.05) is 0 Å². The van der Waals surface area contributed by atoms with Crippen LogP contribution in [-0.2, 0) is 14.3 Å². The molecule has 2 heterocycles. The number of nitrogens with one attached hydrogen (secondary N) is 1. The van der Waals surface area contributed by atoms with Crippen molar-refractivity contribution in [1.29, 1.82) is 0 Å². The number of benzene rings is 1. The van der Waals surface area contributed by atoms with Crippen LogP contribution in [-0.4, -0.2) is 66.1 Å². The van der Waals surface area contributed by atoms with Gasteiger partial charge < -0.3 is 14.8 Å². The van der Waals surface area contributed by atoms with Gasteiger partial charge in [-0.15, -0.1) is 0 Å². The quantitative estimate of drug-likeness (QED) is 0.604. The van der Waals surface area contributed by atoms with Gasteiger partial charge in [-0.25, -0.2) is 4.79 Å². The van der Waals surface area contributed by atoms with E-state index in [1.54, 1.807) is 36.0 Å². The monoisotopic (exact) mass is 378 g/mol. The standard InChI is InChI=1S/C17H18N2O6S/c1-24-17(23)18-12-8-26-9-13(12)25-14(20)6-7-19-15(21)10-4-2-3-5-11(10)16(19)22/h2-5,12-13H,6-9H2,1H3,(H,18,23)/t12-,13+/m0/s1. The first-order valence-electron chi connectivity index (χ1n) is 8.08. The van der Waals surface area contributed by atoms with Crippen LogP contribution in [0.2, 0.25) is 0 Å². The van der Waals surface area contributed by atoms with E-state index < -0.39 is 30.0 Å². The first-order chi connectivity index (χ1) is 12.5. The van der Waals surface area contributed by atoms with Crippen LogP contribution in [0.1, 0.15) is 27.1 Å². The molecule has 3 amide bonds. The number of carbonyl (C=O) groups is 4. The number of ether oxygens (including phenoxy) is 2. The molecule has 0 unspecified atom stereocenters. The predicted molar refractivity (Wildman–Crippen MR) is 93.0 cm³/mol. The molecule has 1 saturated heterocycles. The van der Waals surface area contributed by atoms with Crippen LogP contribution in [0, 0.1) is 0 Å². The van der Waals surface area contributed by atoms with Crippen LogP contribution in [0.5, 0.6) is 0 Å². The van der Waals surface area contributed by atoms with Gasteiger partial charge in [0, 0.05) is 18.1 Å². The Hall–Kier alpha value is -2.55. The highest BCUT2D eigenvalue weighted by molar-refractivity contribution is 7.99. The molecule has 3 rings (SSSR count). The van der Waals surface area contributed by atoms with Crippen molar-refractivity contribution in [2.24, 2.45) is 0 Å². The SMILES string of the molecule is COC(=O)N[C@H]1CSC[C@H]1OC(=O)CCN1C(=O)c2ccccc2C1=O. The molecule has 8 nitrogen and oxygen atoms in total. The lowest BCUT2D eigenvalue weighted by molar-refractivity contribution is -0.148. The van der Waals surface area contributed by atoms with Gasteiger partial charge in [0.1, 0.15) is 6.10 Å². The molecule has 26 heavy (non-hydrogen) atoms. The summed E-state index contributed by atoms with van der Waals surface area (Å²) >= 11 is 1.55. The fourth-order valence-electron chi connectivity index (χ4n) is 2.87. The van der Waals surface area contributed by atoms with E-state index >= 15 is 0 Å². The van der Waals surface area contributed by atoms with E-state index in [1.165, 1.54) is 7.11 Å². The van der Waals surface area contributed by atoms with Crippen LogP contribution < -0.4 is 5.32 Å². The summed E-state index contributed by atoms with van der Waals surface area (Å²) < 4.78 is 9.95. The van der Waals surface area contributed by atoms with E-state index in [0.29, 0.717) is 22.6 Å². The predicted octanol–water partition coefficient (Wildman–Crippen LogP) is 1.06. The second kappa shape index (κ2) is 7.77. The minimum Gasteiger partial charge on any atom is -0.459 e. The molecule has 0 spiro atoms. The van der Waals surface area contributed by atoms with Gasteiger partial charge in [0.05, 0.1) is 30.7 Å². The van der Waals surface area contributed by atoms with Gasteiger partial charge in [-0.1, -0.05) is 12.1 Å². The second-order valence-corrected chi connectivity index (χ2v) is 6.94. The number of alkyl carbamates (subject to hydrolysis) is 1.